The highest BCUT2D eigenvalue weighted by molar-refractivity contribution is 5.92. The Morgan fingerprint density at radius 2 is 2.17 bits per heavy atom. The minimum Gasteiger partial charge on any atom is -0.409 e. The monoisotopic (exact) mass is 248 g/mol. The minimum atomic E-state index is -0.731. The van der Waals surface area contributed by atoms with Crippen LogP contribution in [0.5, 0.6) is 5.75 Å². The fourth-order valence-electron chi connectivity index (χ4n) is 1.36. The molecular weight excluding hydrogens is 236 g/mol. The second-order valence-electron chi connectivity index (χ2n) is 3.66. The van der Waals surface area contributed by atoms with Crippen molar-refractivity contribution in [3.8, 4) is 5.75 Å². The van der Waals surface area contributed by atoms with Gasteiger partial charge in [0, 0.05) is 0 Å². The number of urea groups is 1. The number of hydrazine groups is 1. The van der Waals surface area contributed by atoms with Gasteiger partial charge in [-0.2, -0.15) is 5.10 Å². The van der Waals surface area contributed by atoms with E-state index in [1.165, 1.54) is 0 Å². The molecule has 7 nitrogen and oxygen atoms in total. The summed E-state index contributed by atoms with van der Waals surface area (Å²) in [5.41, 5.74) is 5.26. The largest absolute Gasteiger partial charge is 0.431 e. The van der Waals surface area contributed by atoms with Crippen LogP contribution < -0.4 is 15.6 Å². The summed E-state index contributed by atoms with van der Waals surface area (Å²) >= 11 is 0. The Balaban J connectivity index is 1.92. The lowest BCUT2D eigenvalue weighted by Gasteiger charge is -2.25. The van der Waals surface area contributed by atoms with Crippen LogP contribution in [0.3, 0.4) is 0 Å². The number of ether oxygens (including phenoxy) is 1. The zero-order valence-corrected chi connectivity index (χ0v) is 9.71. The number of rotatable bonds is 2. The second-order valence-corrected chi connectivity index (χ2v) is 3.66. The summed E-state index contributed by atoms with van der Waals surface area (Å²) < 4.78 is 4.99. The van der Waals surface area contributed by atoms with Crippen LogP contribution in [0.1, 0.15) is 6.92 Å². The Hall–Kier alpha value is -2.57. The van der Waals surface area contributed by atoms with Gasteiger partial charge in [-0.1, -0.05) is 18.2 Å². The topological polar surface area (TPSA) is 83.0 Å². The number of carbonyl (C=O) groups excluding carboxylic acids is 2. The van der Waals surface area contributed by atoms with Gasteiger partial charge in [-0.15, -0.1) is 0 Å². The van der Waals surface area contributed by atoms with Gasteiger partial charge >= 0.3 is 12.1 Å². The minimum absolute atomic E-state index is 0.218. The molecule has 7 heteroatoms. The van der Waals surface area contributed by atoms with E-state index in [2.05, 4.69) is 16.0 Å². The average Bonchev–Trinajstić information content (AvgIpc) is 2.35. The summed E-state index contributed by atoms with van der Waals surface area (Å²) in [6, 6.07) is 8.07. The highest BCUT2D eigenvalue weighted by atomic mass is 16.6. The van der Waals surface area contributed by atoms with Gasteiger partial charge in [0.2, 0.25) is 0 Å². The second kappa shape index (κ2) is 5.17. The summed E-state index contributed by atoms with van der Waals surface area (Å²) in [4.78, 5) is 22.9. The fraction of sp³-hybridized carbons (Fsp3) is 0.182. The first kappa shape index (κ1) is 11.9. The first-order valence-corrected chi connectivity index (χ1v) is 5.29. The molecule has 0 aliphatic carbocycles. The molecule has 0 fully saturated rings. The van der Waals surface area contributed by atoms with Gasteiger partial charge in [0.15, 0.2) is 0 Å². The Morgan fingerprint density at radius 1 is 1.44 bits per heavy atom. The molecule has 0 spiro atoms. The molecule has 0 bridgehead atoms. The van der Waals surface area contributed by atoms with E-state index in [4.69, 9.17) is 4.74 Å². The van der Waals surface area contributed by atoms with Crippen molar-refractivity contribution >= 4 is 17.8 Å². The van der Waals surface area contributed by atoms with Crippen molar-refractivity contribution in [3.05, 3.63) is 30.3 Å². The van der Waals surface area contributed by atoms with Crippen molar-refractivity contribution in [1.82, 2.24) is 15.9 Å². The van der Waals surface area contributed by atoms with Gasteiger partial charge < -0.3 is 4.74 Å². The number of para-hydroxylation sites is 1. The summed E-state index contributed by atoms with van der Waals surface area (Å²) in [5.74, 6) is 0.401. The van der Waals surface area contributed by atoms with Gasteiger partial charge in [-0.05, 0) is 19.1 Å². The maximum absolute atomic E-state index is 11.5. The Labute approximate surface area is 103 Å². The number of nitrogens with zero attached hydrogens (tertiary/aromatic N) is 2. The van der Waals surface area contributed by atoms with Crippen LogP contribution in [0.4, 0.5) is 9.59 Å². The molecule has 0 radical (unpaired) electrons. The highest BCUT2D eigenvalue weighted by Gasteiger charge is 2.21. The van der Waals surface area contributed by atoms with E-state index in [-0.39, 0.29) is 6.54 Å². The van der Waals surface area contributed by atoms with Crippen LogP contribution in [0.25, 0.3) is 0 Å². The van der Waals surface area contributed by atoms with Crippen molar-refractivity contribution in [1.29, 1.82) is 0 Å². The molecule has 1 aromatic rings. The normalized spacial score (nSPS) is 14.6. The number of hydrogen-bond acceptors (Lipinski definition) is 4. The van der Waals surface area contributed by atoms with Crippen LogP contribution in [0, 0.1) is 0 Å². The number of benzene rings is 1. The molecule has 1 heterocycles. The van der Waals surface area contributed by atoms with E-state index in [0.717, 1.165) is 5.01 Å². The van der Waals surface area contributed by atoms with Gasteiger partial charge in [0.05, 0.1) is 12.3 Å². The molecule has 3 amide bonds. The third kappa shape index (κ3) is 2.97. The van der Waals surface area contributed by atoms with E-state index in [9.17, 15) is 9.59 Å². The third-order valence-electron chi connectivity index (χ3n) is 2.15. The van der Waals surface area contributed by atoms with Crippen LogP contribution in [-0.4, -0.2) is 29.4 Å². The van der Waals surface area contributed by atoms with Crippen molar-refractivity contribution in [3.63, 3.8) is 0 Å². The van der Waals surface area contributed by atoms with Crippen molar-refractivity contribution in [2.45, 2.75) is 6.92 Å². The predicted molar refractivity (Wildman–Crippen MR) is 63.9 cm³/mol. The van der Waals surface area contributed by atoms with Crippen molar-refractivity contribution in [2.24, 2.45) is 5.10 Å². The van der Waals surface area contributed by atoms with Crippen LogP contribution in [0.15, 0.2) is 35.4 Å². The van der Waals surface area contributed by atoms with Crippen LogP contribution >= 0.6 is 0 Å². The van der Waals surface area contributed by atoms with E-state index in [1.54, 1.807) is 31.2 Å². The van der Waals surface area contributed by atoms with E-state index in [0.29, 0.717) is 11.5 Å². The number of hydrogen-bond donors (Lipinski definition) is 2. The molecule has 1 aliphatic rings. The van der Waals surface area contributed by atoms with E-state index < -0.39 is 12.1 Å². The standard InChI is InChI=1S/C11H12N4O3/c1-8-7-15(10(16)13-12-8)14-11(17)18-9-5-3-2-4-6-9/h2-6H,7H2,1H3,(H,13,16)(H,14,17). The maximum Gasteiger partial charge on any atom is 0.431 e. The summed E-state index contributed by atoms with van der Waals surface area (Å²) in [5, 5.41) is 4.83. The molecule has 1 aromatic carbocycles. The van der Waals surface area contributed by atoms with Gasteiger partial charge in [0.25, 0.3) is 0 Å². The van der Waals surface area contributed by atoms with Gasteiger partial charge in [0.1, 0.15) is 5.75 Å². The smallest absolute Gasteiger partial charge is 0.409 e. The van der Waals surface area contributed by atoms with Crippen molar-refractivity contribution < 1.29 is 14.3 Å². The summed E-state index contributed by atoms with van der Waals surface area (Å²) in [6.07, 6.45) is -0.731. The van der Waals surface area contributed by atoms with E-state index >= 15 is 0 Å². The molecule has 1 aliphatic heterocycles. The Kier molecular flexibility index (Phi) is 3.42. The van der Waals surface area contributed by atoms with Gasteiger partial charge in [-0.3, -0.25) is 0 Å². The summed E-state index contributed by atoms with van der Waals surface area (Å²) in [7, 11) is 0. The maximum atomic E-state index is 11.5. The molecule has 18 heavy (non-hydrogen) atoms. The van der Waals surface area contributed by atoms with Crippen molar-refractivity contribution in [2.75, 3.05) is 6.54 Å². The van der Waals surface area contributed by atoms with E-state index in [1.807, 2.05) is 6.07 Å². The van der Waals surface area contributed by atoms with Gasteiger partial charge in [-0.25, -0.2) is 25.4 Å². The Morgan fingerprint density at radius 3 is 2.89 bits per heavy atom. The first-order valence-electron chi connectivity index (χ1n) is 5.29. The molecule has 0 atom stereocenters. The average molecular weight is 248 g/mol. The summed E-state index contributed by atoms with van der Waals surface area (Å²) in [6.45, 7) is 1.95. The van der Waals surface area contributed by atoms with Crippen LogP contribution in [-0.2, 0) is 0 Å². The molecule has 0 aromatic heterocycles. The zero-order chi connectivity index (χ0) is 13.0. The molecule has 2 N–H and O–H groups in total. The lowest BCUT2D eigenvalue weighted by molar-refractivity contribution is 0.151. The first-order chi connectivity index (χ1) is 8.65. The van der Waals surface area contributed by atoms with Crippen LogP contribution in [0.2, 0.25) is 0 Å². The lowest BCUT2D eigenvalue weighted by Crippen LogP contribution is -2.54. The molecular formula is C11H12N4O3. The molecule has 0 saturated heterocycles. The molecule has 2 rings (SSSR count). The molecule has 0 unspecified atom stereocenters. The zero-order valence-electron chi connectivity index (χ0n) is 9.71. The quantitative estimate of drug-likeness (QED) is 0.821. The number of carbonyl (C=O) groups is 2. The SMILES string of the molecule is CC1=NNC(=O)N(NC(=O)Oc2ccccc2)C1. The number of hydrazone groups is 1. The number of amides is 3. The highest BCUT2D eigenvalue weighted by Crippen LogP contribution is 2.08. The molecule has 94 valence electrons. The Bertz CT molecular complexity index is 486. The fourth-order valence-corrected chi connectivity index (χ4v) is 1.36. The third-order valence-corrected chi connectivity index (χ3v) is 2.15. The predicted octanol–water partition coefficient (Wildman–Crippen LogP) is 1.09. The molecule has 0 saturated carbocycles. The number of nitrogens with one attached hydrogen (secondary N) is 2. The lowest BCUT2D eigenvalue weighted by atomic mass is 10.3.